The van der Waals surface area contributed by atoms with Crippen LogP contribution in [0.4, 0.5) is 5.69 Å². The highest BCUT2D eigenvalue weighted by molar-refractivity contribution is 9.10. The van der Waals surface area contributed by atoms with Crippen molar-refractivity contribution in [3.8, 4) is 0 Å². The minimum atomic E-state index is -0.833. The Morgan fingerprint density at radius 1 is 1.40 bits per heavy atom. The van der Waals surface area contributed by atoms with Gasteiger partial charge in [-0.15, -0.1) is 0 Å². The van der Waals surface area contributed by atoms with Gasteiger partial charge < -0.3 is 10.4 Å². The van der Waals surface area contributed by atoms with Gasteiger partial charge in [-0.3, -0.25) is 0 Å². The Labute approximate surface area is 97.6 Å². The maximum atomic E-state index is 11.0. The van der Waals surface area contributed by atoms with Crippen LogP contribution in [0.25, 0.3) is 0 Å². The lowest BCUT2D eigenvalue weighted by Crippen LogP contribution is -2.34. The largest absolute Gasteiger partial charge is 0.480 e. The van der Waals surface area contributed by atoms with Crippen molar-refractivity contribution in [3.63, 3.8) is 0 Å². The summed E-state index contributed by atoms with van der Waals surface area (Å²) in [5, 5.41) is 12.0. The fourth-order valence-corrected chi connectivity index (χ4v) is 1.66. The minimum Gasteiger partial charge on any atom is -0.480 e. The number of hydrogen-bond donors (Lipinski definition) is 2. The molecule has 0 aliphatic heterocycles. The molecule has 3 nitrogen and oxygen atoms in total. The number of carboxylic acid groups (broad SMARTS) is 1. The Kier molecular flexibility index (Phi) is 4.15. The van der Waals surface area contributed by atoms with Crippen LogP contribution in [0, 0.1) is 5.92 Å². The molecular formula is C11H14BrNO2. The first kappa shape index (κ1) is 12.0. The van der Waals surface area contributed by atoms with Crippen LogP contribution >= 0.6 is 15.9 Å². The number of aliphatic carboxylic acids is 1. The van der Waals surface area contributed by atoms with Crippen molar-refractivity contribution in [2.45, 2.75) is 19.9 Å². The van der Waals surface area contributed by atoms with Crippen molar-refractivity contribution in [2.75, 3.05) is 5.32 Å². The van der Waals surface area contributed by atoms with Crippen LogP contribution in [0.5, 0.6) is 0 Å². The third-order valence-corrected chi connectivity index (χ3v) is 2.81. The average molecular weight is 272 g/mol. The van der Waals surface area contributed by atoms with Crippen LogP contribution in [0.1, 0.15) is 13.8 Å². The second-order valence-corrected chi connectivity index (χ2v) is 4.54. The number of benzene rings is 1. The Morgan fingerprint density at radius 3 is 2.47 bits per heavy atom. The molecule has 1 rings (SSSR count). The molecule has 0 aliphatic carbocycles. The van der Waals surface area contributed by atoms with E-state index in [1.807, 2.05) is 38.1 Å². The summed E-state index contributed by atoms with van der Waals surface area (Å²) in [4.78, 5) is 11.0. The van der Waals surface area contributed by atoms with Crippen molar-refractivity contribution in [2.24, 2.45) is 5.92 Å². The van der Waals surface area contributed by atoms with Gasteiger partial charge in [-0.25, -0.2) is 4.79 Å². The van der Waals surface area contributed by atoms with E-state index in [1.165, 1.54) is 0 Å². The van der Waals surface area contributed by atoms with Crippen molar-refractivity contribution in [1.82, 2.24) is 0 Å². The zero-order valence-electron chi connectivity index (χ0n) is 8.70. The summed E-state index contributed by atoms with van der Waals surface area (Å²) in [6.07, 6.45) is 0. The molecule has 0 amide bonds. The van der Waals surface area contributed by atoms with Gasteiger partial charge in [0.15, 0.2) is 0 Å². The van der Waals surface area contributed by atoms with Crippen molar-refractivity contribution >= 4 is 27.6 Å². The van der Waals surface area contributed by atoms with Crippen LogP contribution in [-0.4, -0.2) is 17.1 Å². The molecule has 0 radical (unpaired) electrons. The molecule has 15 heavy (non-hydrogen) atoms. The summed E-state index contributed by atoms with van der Waals surface area (Å²) in [5.41, 5.74) is 0.804. The van der Waals surface area contributed by atoms with E-state index in [-0.39, 0.29) is 5.92 Å². The number of para-hydroxylation sites is 1. The zero-order chi connectivity index (χ0) is 11.4. The molecule has 2 N–H and O–H groups in total. The van der Waals surface area contributed by atoms with Gasteiger partial charge in [0, 0.05) is 10.2 Å². The van der Waals surface area contributed by atoms with Gasteiger partial charge in [0.25, 0.3) is 0 Å². The van der Waals surface area contributed by atoms with E-state index >= 15 is 0 Å². The van der Waals surface area contributed by atoms with E-state index in [1.54, 1.807) is 0 Å². The van der Waals surface area contributed by atoms with Gasteiger partial charge in [0.2, 0.25) is 0 Å². The lowest BCUT2D eigenvalue weighted by molar-refractivity contribution is -0.138. The highest BCUT2D eigenvalue weighted by atomic mass is 79.9. The van der Waals surface area contributed by atoms with Crippen LogP contribution < -0.4 is 5.32 Å². The van der Waals surface area contributed by atoms with Crippen molar-refractivity contribution < 1.29 is 9.90 Å². The third kappa shape index (κ3) is 3.23. The van der Waals surface area contributed by atoms with E-state index in [0.29, 0.717) is 0 Å². The molecule has 4 heteroatoms. The van der Waals surface area contributed by atoms with Gasteiger partial charge in [0.05, 0.1) is 0 Å². The van der Waals surface area contributed by atoms with Crippen LogP contribution in [0.3, 0.4) is 0 Å². The maximum Gasteiger partial charge on any atom is 0.326 e. The monoisotopic (exact) mass is 271 g/mol. The molecular weight excluding hydrogens is 258 g/mol. The van der Waals surface area contributed by atoms with E-state index in [0.717, 1.165) is 10.2 Å². The Balaban J connectivity index is 2.84. The van der Waals surface area contributed by atoms with E-state index in [2.05, 4.69) is 21.2 Å². The molecule has 0 spiro atoms. The second-order valence-electron chi connectivity index (χ2n) is 3.68. The number of rotatable bonds is 4. The van der Waals surface area contributed by atoms with E-state index in [4.69, 9.17) is 5.11 Å². The first-order valence-corrected chi connectivity index (χ1v) is 5.55. The maximum absolute atomic E-state index is 11.0. The molecule has 1 unspecified atom stereocenters. The van der Waals surface area contributed by atoms with Crippen LogP contribution in [0.2, 0.25) is 0 Å². The molecule has 0 aromatic heterocycles. The first-order chi connectivity index (χ1) is 7.02. The van der Waals surface area contributed by atoms with E-state index in [9.17, 15) is 4.79 Å². The molecule has 1 aromatic carbocycles. The fourth-order valence-electron chi connectivity index (χ4n) is 1.26. The van der Waals surface area contributed by atoms with Gasteiger partial charge >= 0.3 is 5.97 Å². The molecule has 82 valence electrons. The number of carbonyl (C=O) groups is 1. The highest BCUT2D eigenvalue weighted by Gasteiger charge is 2.21. The van der Waals surface area contributed by atoms with Crippen molar-refractivity contribution in [3.05, 3.63) is 28.7 Å². The fraction of sp³-hybridized carbons (Fsp3) is 0.364. The number of hydrogen-bond acceptors (Lipinski definition) is 2. The predicted octanol–water partition coefficient (Wildman–Crippen LogP) is 2.97. The Bertz CT molecular complexity index is 352. The summed E-state index contributed by atoms with van der Waals surface area (Å²) in [7, 11) is 0. The Hall–Kier alpha value is -1.03. The normalized spacial score (nSPS) is 12.5. The predicted molar refractivity (Wildman–Crippen MR) is 64.0 cm³/mol. The highest BCUT2D eigenvalue weighted by Crippen LogP contribution is 2.23. The smallest absolute Gasteiger partial charge is 0.326 e. The molecule has 0 bridgehead atoms. The summed E-state index contributed by atoms with van der Waals surface area (Å²) >= 11 is 3.37. The standard InChI is InChI=1S/C11H14BrNO2/c1-7(2)10(11(14)15)13-9-6-4-3-5-8(9)12/h3-7,10,13H,1-2H3,(H,14,15). The SMILES string of the molecule is CC(C)C(Nc1ccccc1Br)C(=O)O. The molecule has 0 saturated heterocycles. The molecule has 0 heterocycles. The second kappa shape index (κ2) is 5.16. The average Bonchev–Trinajstić information content (AvgIpc) is 2.15. The summed E-state index contributed by atoms with van der Waals surface area (Å²) < 4.78 is 0.872. The lowest BCUT2D eigenvalue weighted by Gasteiger charge is -2.19. The van der Waals surface area contributed by atoms with Crippen molar-refractivity contribution in [1.29, 1.82) is 0 Å². The number of anilines is 1. The minimum absolute atomic E-state index is 0.0367. The van der Waals surface area contributed by atoms with E-state index < -0.39 is 12.0 Å². The topological polar surface area (TPSA) is 49.3 Å². The summed E-state index contributed by atoms with van der Waals surface area (Å²) in [5.74, 6) is -0.796. The van der Waals surface area contributed by atoms with Crippen LogP contribution in [-0.2, 0) is 4.79 Å². The van der Waals surface area contributed by atoms with Gasteiger partial charge in [-0.05, 0) is 34.0 Å². The zero-order valence-corrected chi connectivity index (χ0v) is 10.3. The Morgan fingerprint density at radius 2 is 2.00 bits per heavy atom. The first-order valence-electron chi connectivity index (χ1n) is 4.76. The van der Waals surface area contributed by atoms with Gasteiger partial charge in [0.1, 0.15) is 6.04 Å². The number of halogens is 1. The molecule has 1 aromatic rings. The molecule has 0 aliphatic rings. The number of carboxylic acids is 1. The summed E-state index contributed by atoms with van der Waals surface area (Å²) in [6.45, 7) is 3.76. The molecule has 0 fully saturated rings. The molecule has 0 saturated carbocycles. The molecule has 1 atom stereocenters. The summed E-state index contributed by atoms with van der Waals surface area (Å²) in [6, 6.07) is 6.92. The van der Waals surface area contributed by atoms with Gasteiger partial charge in [-0.2, -0.15) is 0 Å². The van der Waals surface area contributed by atoms with Crippen LogP contribution in [0.15, 0.2) is 28.7 Å². The lowest BCUT2D eigenvalue weighted by atomic mass is 10.0. The van der Waals surface area contributed by atoms with Gasteiger partial charge in [-0.1, -0.05) is 26.0 Å². The number of nitrogens with one attached hydrogen (secondary N) is 1. The third-order valence-electron chi connectivity index (χ3n) is 2.12. The quantitative estimate of drug-likeness (QED) is 0.885.